The molecule has 1 aromatic rings. The van der Waals surface area contributed by atoms with Crippen LogP contribution in [0.4, 0.5) is 0 Å². The summed E-state index contributed by atoms with van der Waals surface area (Å²) in [6, 6.07) is 1.70. The van der Waals surface area contributed by atoms with Gasteiger partial charge in [0.25, 0.3) is 0 Å². The van der Waals surface area contributed by atoms with E-state index >= 15 is 0 Å². The Morgan fingerprint density at radius 1 is 1.21 bits per heavy atom. The summed E-state index contributed by atoms with van der Waals surface area (Å²) in [6.45, 7) is 12.2. The molecular formula is C29H38O9. The van der Waals surface area contributed by atoms with Crippen LogP contribution in [0.2, 0.25) is 0 Å². The zero-order valence-electron chi connectivity index (χ0n) is 23.1. The van der Waals surface area contributed by atoms with Crippen LogP contribution in [0.5, 0.6) is 0 Å². The van der Waals surface area contributed by atoms with Crippen LogP contribution in [0.1, 0.15) is 79.4 Å². The van der Waals surface area contributed by atoms with Crippen LogP contribution in [-0.4, -0.2) is 56.9 Å². The SMILES string of the molecule is CC(=O)O[C@@H](c1ccoc1)[C@]1(C)CCC(=O)[C@@]2(O)[C@@H]1CC1(C(C)C)O[C@H]2[C@@]2(O1)C(=O)C(C)=CC(C)(C)[C@@H]2O. The zero-order chi connectivity index (χ0) is 28.1. The lowest BCUT2D eigenvalue weighted by Crippen LogP contribution is -2.74. The average Bonchev–Trinajstić information content (AvgIpc) is 3.47. The van der Waals surface area contributed by atoms with E-state index in [0.717, 1.165) is 0 Å². The van der Waals surface area contributed by atoms with E-state index in [1.54, 1.807) is 32.9 Å². The highest BCUT2D eigenvalue weighted by Crippen LogP contribution is 2.66. The normalized spacial score (nSPS) is 42.7. The second-order valence-electron chi connectivity index (χ2n) is 12.8. The zero-order valence-corrected chi connectivity index (χ0v) is 23.1. The fourth-order valence-corrected chi connectivity index (χ4v) is 7.64. The molecule has 2 saturated heterocycles. The van der Waals surface area contributed by atoms with Gasteiger partial charge >= 0.3 is 5.97 Å². The lowest BCUT2D eigenvalue weighted by atomic mass is 9.50. The number of esters is 1. The number of hydrogen-bond donors (Lipinski definition) is 2. The lowest BCUT2D eigenvalue weighted by Gasteiger charge is -2.58. The molecule has 38 heavy (non-hydrogen) atoms. The number of hydrogen-bond acceptors (Lipinski definition) is 9. The van der Waals surface area contributed by atoms with E-state index in [1.165, 1.54) is 19.5 Å². The Balaban J connectivity index is 1.74. The summed E-state index contributed by atoms with van der Waals surface area (Å²) in [5.74, 6) is -4.00. The molecular weight excluding hydrogens is 492 g/mol. The van der Waals surface area contributed by atoms with E-state index in [1.807, 2.05) is 20.8 Å². The lowest BCUT2D eigenvalue weighted by molar-refractivity contribution is -0.293. The van der Waals surface area contributed by atoms with E-state index < -0.39 is 69.6 Å². The third-order valence-electron chi connectivity index (χ3n) is 9.62. The number of Topliss-reactive ketones (excluding diaryl/α,β-unsaturated/α-hetero) is 2. The first-order valence-electron chi connectivity index (χ1n) is 13.3. The first-order valence-corrected chi connectivity index (χ1v) is 13.3. The van der Waals surface area contributed by atoms with Gasteiger partial charge < -0.3 is 28.8 Å². The second kappa shape index (κ2) is 8.34. The highest BCUT2D eigenvalue weighted by atomic mass is 16.8. The van der Waals surface area contributed by atoms with Gasteiger partial charge in [0, 0.05) is 48.0 Å². The van der Waals surface area contributed by atoms with Crippen LogP contribution in [0.25, 0.3) is 0 Å². The number of aliphatic hydroxyl groups excluding tert-OH is 1. The van der Waals surface area contributed by atoms with Crippen molar-refractivity contribution in [3.05, 3.63) is 35.8 Å². The van der Waals surface area contributed by atoms with Crippen molar-refractivity contribution >= 4 is 17.5 Å². The fraction of sp³-hybridized carbons (Fsp3) is 0.690. The number of rotatable bonds is 4. The van der Waals surface area contributed by atoms with Gasteiger partial charge in [0.2, 0.25) is 0 Å². The van der Waals surface area contributed by atoms with Crippen molar-refractivity contribution in [3.8, 4) is 0 Å². The van der Waals surface area contributed by atoms with E-state index in [4.69, 9.17) is 18.6 Å². The molecule has 9 heteroatoms. The van der Waals surface area contributed by atoms with Gasteiger partial charge in [0.05, 0.1) is 12.5 Å². The molecule has 3 heterocycles. The highest BCUT2D eigenvalue weighted by Gasteiger charge is 2.81. The number of carbonyl (C=O) groups is 3. The summed E-state index contributed by atoms with van der Waals surface area (Å²) in [7, 11) is 0. The van der Waals surface area contributed by atoms with Crippen molar-refractivity contribution in [2.45, 2.75) is 103 Å². The largest absolute Gasteiger partial charge is 0.472 e. The fourth-order valence-electron chi connectivity index (χ4n) is 7.64. The molecule has 208 valence electrons. The quantitative estimate of drug-likeness (QED) is 0.562. The van der Waals surface area contributed by atoms with E-state index in [2.05, 4.69) is 0 Å². The monoisotopic (exact) mass is 530 g/mol. The second-order valence-corrected chi connectivity index (χ2v) is 12.8. The average molecular weight is 531 g/mol. The van der Waals surface area contributed by atoms with Crippen molar-refractivity contribution in [1.29, 1.82) is 0 Å². The summed E-state index contributed by atoms with van der Waals surface area (Å²) in [6.07, 6.45) is 1.31. The number of carbonyl (C=O) groups excluding carboxylic acids is 3. The minimum absolute atomic E-state index is 0.0355. The number of ether oxygens (including phenoxy) is 3. The van der Waals surface area contributed by atoms with Gasteiger partial charge in [-0.15, -0.1) is 0 Å². The third-order valence-corrected chi connectivity index (χ3v) is 9.62. The molecule has 8 atom stereocenters. The summed E-state index contributed by atoms with van der Waals surface area (Å²) in [4.78, 5) is 40.0. The third kappa shape index (κ3) is 3.34. The van der Waals surface area contributed by atoms with Gasteiger partial charge in [-0.3, -0.25) is 14.4 Å². The maximum atomic E-state index is 14.0. The van der Waals surface area contributed by atoms with Gasteiger partial charge in [-0.05, 0) is 25.0 Å². The van der Waals surface area contributed by atoms with Crippen molar-refractivity contribution in [1.82, 2.24) is 0 Å². The van der Waals surface area contributed by atoms with Crippen molar-refractivity contribution in [2.75, 3.05) is 0 Å². The molecule has 0 radical (unpaired) electrons. The summed E-state index contributed by atoms with van der Waals surface area (Å²) < 4.78 is 24.3. The van der Waals surface area contributed by atoms with Gasteiger partial charge in [-0.1, -0.05) is 40.7 Å². The van der Waals surface area contributed by atoms with Gasteiger partial charge in [-0.25, -0.2) is 0 Å². The molecule has 9 nitrogen and oxygen atoms in total. The summed E-state index contributed by atoms with van der Waals surface area (Å²) in [5.41, 5.74) is -5.07. The molecule has 2 N–H and O–H groups in total. The first kappa shape index (κ1) is 27.2. The predicted octanol–water partition coefficient (Wildman–Crippen LogP) is 3.43. The first-order chi connectivity index (χ1) is 17.6. The van der Waals surface area contributed by atoms with Crippen LogP contribution >= 0.6 is 0 Å². The molecule has 2 aliphatic carbocycles. The molecule has 3 fully saturated rings. The van der Waals surface area contributed by atoms with Crippen LogP contribution in [0.3, 0.4) is 0 Å². The Bertz CT molecular complexity index is 1200. The van der Waals surface area contributed by atoms with Crippen LogP contribution < -0.4 is 0 Å². The predicted molar refractivity (Wildman–Crippen MR) is 133 cm³/mol. The molecule has 1 spiro atoms. The number of ketones is 2. The number of furan rings is 1. The Labute approximate surface area is 222 Å². The highest BCUT2D eigenvalue weighted by molar-refractivity contribution is 6.05. The molecule has 0 aromatic carbocycles. The smallest absolute Gasteiger partial charge is 0.303 e. The topological polar surface area (TPSA) is 132 Å². The van der Waals surface area contributed by atoms with E-state index in [9.17, 15) is 24.6 Å². The summed E-state index contributed by atoms with van der Waals surface area (Å²) >= 11 is 0. The van der Waals surface area contributed by atoms with E-state index in [-0.39, 0.29) is 18.8 Å². The molecule has 2 bridgehead atoms. The Kier molecular flexibility index (Phi) is 5.98. The molecule has 2 aliphatic heterocycles. The maximum Gasteiger partial charge on any atom is 0.303 e. The molecule has 4 aliphatic rings. The van der Waals surface area contributed by atoms with Crippen molar-refractivity contribution in [3.63, 3.8) is 0 Å². The number of aliphatic hydroxyl groups is 2. The van der Waals surface area contributed by atoms with Crippen LogP contribution in [-0.2, 0) is 28.6 Å². The Morgan fingerprint density at radius 3 is 2.47 bits per heavy atom. The molecule has 0 amide bonds. The van der Waals surface area contributed by atoms with Crippen molar-refractivity contribution < 1.29 is 43.2 Å². The molecule has 1 aromatic heterocycles. The standard InChI is InChI=1S/C29H38O9/c1-15(2)27-13-19-26(7,22(36-17(4)30)18-9-11-35-14-18)10-8-20(31)28(19,34)24(37-27)29(38-27)21(32)16(3)12-25(5,6)23(29)33/h9,11-12,14-15,19,22-24,33-34H,8,10,13H2,1-7H3/t19-,22+,23+,24-,26-,27?,28+,29-/m1/s1. The molecule has 5 rings (SSSR count). The van der Waals surface area contributed by atoms with Gasteiger partial charge in [0.1, 0.15) is 18.3 Å². The van der Waals surface area contributed by atoms with E-state index in [0.29, 0.717) is 17.6 Å². The maximum absolute atomic E-state index is 14.0. The van der Waals surface area contributed by atoms with Crippen LogP contribution in [0.15, 0.2) is 34.7 Å². The Morgan fingerprint density at radius 2 is 1.89 bits per heavy atom. The molecule has 1 saturated carbocycles. The summed E-state index contributed by atoms with van der Waals surface area (Å²) in [5, 5.41) is 24.3. The minimum Gasteiger partial charge on any atom is -0.472 e. The minimum atomic E-state index is -2.19. The number of fused-ring (bicyclic) bond motifs is 5. The molecule has 1 unspecified atom stereocenters. The van der Waals surface area contributed by atoms with Crippen LogP contribution in [0, 0.1) is 22.7 Å². The van der Waals surface area contributed by atoms with Gasteiger partial charge in [0.15, 0.2) is 28.6 Å². The van der Waals surface area contributed by atoms with Gasteiger partial charge in [-0.2, -0.15) is 0 Å². The Hall–Kier alpha value is -2.33. The van der Waals surface area contributed by atoms with Crippen molar-refractivity contribution in [2.24, 2.45) is 22.7 Å².